The third-order valence-corrected chi connectivity index (χ3v) is 6.87. The van der Waals surface area contributed by atoms with Crippen LogP contribution in [0.3, 0.4) is 0 Å². The van der Waals surface area contributed by atoms with Gasteiger partial charge in [0.15, 0.2) is 18.1 Å². The Labute approximate surface area is 227 Å². The fraction of sp³-hybridized carbons (Fsp3) is 0.148. The van der Waals surface area contributed by atoms with E-state index in [2.05, 4.69) is 26.7 Å². The molecule has 8 nitrogen and oxygen atoms in total. The Balaban J connectivity index is 1.59. The average Bonchev–Trinajstić information content (AvgIpc) is 3.17. The summed E-state index contributed by atoms with van der Waals surface area (Å²) >= 11 is 10.0. The maximum Gasteiger partial charge on any atom is 0.282 e. The molecular weight excluding hydrogens is 562 g/mol. The monoisotopic (exact) mass is 583 g/mol. The lowest BCUT2D eigenvalue weighted by atomic mass is 10.1. The van der Waals surface area contributed by atoms with Crippen molar-refractivity contribution in [1.29, 1.82) is 0 Å². The van der Waals surface area contributed by atoms with Gasteiger partial charge in [-0.05, 0) is 71.2 Å². The van der Waals surface area contributed by atoms with Gasteiger partial charge in [0.2, 0.25) is 0 Å². The van der Waals surface area contributed by atoms with Crippen LogP contribution in [0, 0.1) is 6.92 Å². The van der Waals surface area contributed by atoms with E-state index in [1.54, 1.807) is 43.3 Å². The van der Waals surface area contributed by atoms with E-state index in [0.717, 1.165) is 5.56 Å². The highest BCUT2D eigenvalue weighted by Gasteiger charge is 2.34. The van der Waals surface area contributed by atoms with Crippen molar-refractivity contribution in [2.24, 2.45) is 0 Å². The first-order valence-corrected chi connectivity index (χ1v) is 12.5. The van der Waals surface area contributed by atoms with Gasteiger partial charge in [-0.25, -0.2) is 5.01 Å². The highest BCUT2D eigenvalue weighted by atomic mass is 79.9. The van der Waals surface area contributed by atoms with Gasteiger partial charge in [-0.3, -0.25) is 19.8 Å². The molecule has 0 unspecified atom stereocenters. The van der Waals surface area contributed by atoms with Gasteiger partial charge in [-0.2, -0.15) is 0 Å². The van der Waals surface area contributed by atoms with Crippen molar-refractivity contribution in [2.45, 2.75) is 13.8 Å². The van der Waals surface area contributed by atoms with E-state index in [1.165, 1.54) is 11.1 Å². The Kier molecular flexibility index (Phi) is 8.15. The highest BCUT2D eigenvalue weighted by molar-refractivity contribution is 9.10. The Morgan fingerprint density at radius 3 is 2.51 bits per heavy atom. The Morgan fingerprint density at radius 1 is 1.11 bits per heavy atom. The standard InChI is InChI=1S/C27H23BrClN3O5/c1-3-36-21-14-17(13-19-26(34)31-32(27(19)35)18-10-5-4-6-11-18)23(28)24(29)25(21)37-15-22(33)30-20-12-8-7-9-16(20)2/h4-14H,3,15H2,1-2H3,(H,30,33)(H,31,34)/b19-13-. The van der Waals surface area contributed by atoms with Crippen LogP contribution in [0.25, 0.3) is 6.08 Å². The molecule has 1 heterocycles. The van der Waals surface area contributed by atoms with Gasteiger partial charge >= 0.3 is 0 Å². The van der Waals surface area contributed by atoms with Crippen LogP contribution in [-0.2, 0) is 14.4 Å². The smallest absolute Gasteiger partial charge is 0.282 e. The SMILES string of the molecule is CCOc1cc(/C=C2/C(=O)NN(c3ccccc3)C2=O)c(Br)c(Cl)c1OCC(=O)Nc1ccccc1C. The van der Waals surface area contributed by atoms with Crippen LogP contribution in [0.4, 0.5) is 11.4 Å². The minimum Gasteiger partial charge on any atom is -0.490 e. The number of aryl methyl sites for hydroxylation is 1. The van der Waals surface area contributed by atoms with Gasteiger partial charge < -0.3 is 14.8 Å². The lowest BCUT2D eigenvalue weighted by Gasteiger charge is -2.16. The van der Waals surface area contributed by atoms with Crippen LogP contribution in [0.5, 0.6) is 11.5 Å². The number of anilines is 2. The number of nitrogens with zero attached hydrogens (tertiary/aromatic N) is 1. The number of benzene rings is 3. The zero-order chi connectivity index (χ0) is 26.5. The van der Waals surface area contributed by atoms with Crippen molar-refractivity contribution in [3.8, 4) is 11.5 Å². The first kappa shape index (κ1) is 26.2. The number of ether oxygens (including phenoxy) is 2. The minimum atomic E-state index is -0.553. The fourth-order valence-electron chi connectivity index (χ4n) is 3.62. The van der Waals surface area contributed by atoms with E-state index in [9.17, 15) is 14.4 Å². The van der Waals surface area contributed by atoms with Crippen LogP contribution in [-0.4, -0.2) is 30.9 Å². The molecule has 3 amide bonds. The molecule has 1 aliphatic heterocycles. The first-order valence-electron chi connectivity index (χ1n) is 11.4. The Hall–Kier alpha value is -3.82. The molecule has 1 saturated heterocycles. The average molecular weight is 585 g/mol. The third-order valence-electron chi connectivity index (χ3n) is 5.43. The summed E-state index contributed by atoms with van der Waals surface area (Å²) in [6, 6.07) is 17.7. The van der Waals surface area contributed by atoms with Crippen molar-refractivity contribution in [1.82, 2.24) is 5.43 Å². The van der Waals surface area contributed by atoms with E-state index in [1.807, 2.05) is 31.2 Å². The molecule has 10 heteroatoms. The number of hydrazine groups is 1. The van der Waals surface area contributed by atoms with E-state index in [0.29, 0.717) is 28.0 Å². The number of para-hydroxylation sites is 2. The number of nitrogens with one attached hydrogen (secondary N) is 2. The van der Waals surface area contributed by atoms with Gasteiger partial charge in [-0.15, -0.1) is 0 Å². The summed E-state index contributed by atoms with van der Waals surface area (Å²) in [6.07, 6.45) is 1.42. The van der Waals surface area contributed by atoms with Gasteiger partial charge in [0, 0.05) is 10.2 Å². The van der Waals surface area contributed by atoms with Crippen LogP contribution in [0.2, 0.25) is 5.02 Å². The first-order chi connectivity index (χ1) is 17.8. The molecule has 3 aromatic carbocycles. The second-order valence-corrected chi connectivity index (χ2v) is 9.15. The molecule has 0 radical (unpaired) electrons. The summed E-state index contributed by atoms with van der Waals surface area (Å²) in [4.78, 5) is 38.1. The Bertz CT molecular complexity index is 1390. The normalized spacial score (nSPS) is 14.1. The maximum absolute atomic E-state index is 13.0. The predicted octanol–water partition coefficient (Wildman–Crippen LogP) is 5.29. The third kappa shape index (κ3) is 5.79. The van der Waals surface area contributed by atoms with Crippen LogP contribution in [0.15, 0.2) is 70.7 Å². The molecule has 3 aromatic rings. The van der Waals surface area contributed by atoms with E-state index < -0.39 is 11.8 Å². The molecule has 0 bridgehead atoms. The summed E-state index contributed by atoms with van der Waals surface area (Å²) in [6.45, 7) is 3.66. The van der Waals surface area contributed by atoms with Gasteiger partial charge in [-0.1, -0.05) is 48.0 Å². The summed E-state index contributed by atoms with van der Waals surface area (Å²) in [7, 11) is 0. The molecule has 0 aromatic heterocycles. The zero-order valence-electron chi connectivity index (χ0n) is 20.0. The van der Waals surface area contributed by atoms with Crippen LogP contribution in [0.1, 0.15) is 18.1 Å². The summed E-state index contributed by atoms with van der Waals surface area (Å²) in [5, 5.41) is 4.11. The van der Waals surface area contributed by atoms with Gasteiger partial charge in [0.25, 0.3) is 17.7 Å². The van der Waals surface area contributed by atoms with Crippen molar-refractivity contribution >= 4 is 62.7 Å². The minimum absolute atomic E-state index is 0.0747. The van der Waals surface area contributed by atoms with Crippen molar-refractivity contribution in [3.05, 3.63) is 86.9 Å². The molecular formula is C27H23BrClN3O5. The largest absolute Gasteiger partial charge is 0.490 e. The zero-order valence-corrected chi connectivity index (χ0v) is 22.4. The molecule has 0 atom stereocenters. The van der Waals surface area contributed by atoms with E-state index in [4.69, 9.17) is 21.1 Å². The van der Waals surface area contributed by atoms with Gasteiger partial charge in [0.1, 0.15) is 10.6 Å². The molecule has 0 spiro atoms. The number of hydrogen-bond donors (Lipinski definition) is 2. The number of amides is 3. The Morgan fingerprint density at radius 2 is 1.81 bits per heavy atom. The van der Waals surface area contributed by atoms with Crippen molar-refractivity contribution in [3.63, 3.8) is 0 Å². The molecule has 0 aliphatic carbocycles. The van der Waals surface area contributed by atoms with Crippen LogP contribution >= 0.6 is 27.5 Å². The fourth-order valence-corrected chi connectivity index (χ4v) is 4.28. The molecule has 1 aliphatic rings. The molecule has 37 heavy (non-hydrogen) atoms. The van der Waals surface area contributed by atoms with Crippen molar-refractivity contribution in [2.75, 3.05) is 23.5 Å². The lowest BCUT2D eigenvalue weighted by Crippen LogP contribution is -2.35. The van der Waals surface area contributed by atoms with Crippen LogP contribution < -0.4 is 25.2 Å². The topological polar surface area (TPSA) is 97.0 Å². The molecule has 1 fully saturated rings. The maximum atomic E-state index is 13.0. The molecule has 4 rings (SSSR count). The number of carbonyl (C=O) groups is 3. The quantitative estimate of drug-likeness (QED) is 0.277. The summed E-state index contributed by atoms with van der Waals surface area (Å²) in [5.41, 5.74) is 5.04. The van der Waals surface area contributed by atoms with Crippen molar-refractivity contribution < 1.29 is 23.9 Å². The lowest BCUT2D eigenvalue weighted by molar-refractivity contribution is -0.118. The predicted molar refractivity (Wildman–Crippen MR) is 146 cm³/mol. The summed E-state index contributed by atoms with van der Waals surface area (Å²) in [5.74, 6) is -1.01. The summed E-state index contributed by atoms with van der Waals surface area (Å²) < 4.78 is 11.8. The van der Waals surface area contributed by atoms with Gasteiger partial charge in [0.05, 0.1) is 12.3 Å². The second-order valence-electron chi connectivity index (χ2n) is 7.98. The number of carbonyl (C=O) groups excluding carboxylic acids is 3. The van der Waals surface area contributed by atoms with E-state index >= 15 is 0 Å². The molecule has 0 saturated carbocycles. The molecule has 2 N–H and O–H groups in total. The molecule has 190 valence electrons. The number of rotatable bonds is 8. The highest BCUT2D eigenvalue weighted by Crippen LogP contribution is 2.43. The van der Waals surface area contributed by atoms with E-state index in [-0.39, 0.29) is 34.6 Å². The number of halogens is 2. The number of hydrogen-bond acceptors (Lipinski definition) is 5. The second kappa shape index (κ2) is 11.5.